The summed E-state index contributed by atoms with van der Waals surface area (Å²) in [5, 5.41) is 9.63. The smallest absolute Gasteiger partial charge is 0.233 e. The van der Waals surface area contributed by atoms with Crippen LogP contribution in [-0.4, -0.2) is 49.8 Å². The molecule has 0 spiro atoms. The van der Waals surface area contributed by atoms with Crippen LogP contribution < -0.4 is 19.3 Å². The van der Waals surface area contributed by atoms with Gasteiger partial charge in [0, 0.05) is 24.1 Å². The van der Waals surface area contributed by atoms with Gasteiger partial charge in [-0.05, 0) is 50.2 Å². The van der Waals surface area contributed by atoms with E-state index in [0.717, 1.165) is 21.5 Å². The molecule has 2 aliphatic rings. The molecule has 2 aromatic carbocycles. The Morgan fingerprint density at radius 1 is 0.914 bits per heavy atom. The van der Waals surface area contributed by atoms with Crippen molar-refractivity contribution in [1.29, 1.82) is 0 Å². The highest BCUT2D eigenvalue weighted by molar-refractivity contribution is 9.10. The van der Waals surface area contributed by atoms with Crippen molar-refractivity contribution in [3.8, 4) is 23.3 Å². The average molecular weight is 543 g/mol. The molecular weight excluding hydrogens is 512 g/mol. The summed E-state index contributed by atoms with van der Waals surface area (Å²) < 4.78 is 12.2. The Bertz CT molecular complexity index is 1180. The van der Waals surface area contributed by atoms with Gasteiger partial charge in [-0.25, -0.2) is 0 Å². The molecule has 0 saturated heterocycles. The van der Waals surface area contributed by atoms with Gasteiger partial charge in [0.15, 0.2) is 0 Å². The summed E-state index contributed by atoms with van der Waals surface area (Å²) in [6.45, 7) is 7.80. The first-order chi connectivity index (χ1) is 16.4. The molecule has 2 heterocycles. The molecular formula is C27H31BrN2O5. The summed E-state index contributed by atoms with van der Waals surface area (Å²) in [6, 6.07) is 11.1. The van der Waals surface area contributed by atoms with Crippen molar-refractivity contribution in [2.45, 2.75) is 33.3 Å². The number of hydrogen-bond acceptors (Lipinski definition) is 5. The molecule has 2 aromatic rings. The van der Waals surface area contributed by atoms with Crippen molar-refractivity contribution in [3.63, 3.8) is 0 Å². The van der Waals surface area contributed by atoms with Crippen LogP contribution in [0.25, 0.3) is 0 Å². The van der Waals surface area contributed by atoms with E-state index in [1.54, 1.807) is 37.7 Å². The highest BCUT2D eigenvalue weighted by atomic mass is 79.9. The fourth-order valence-corrected chi connectivity index (χ4v) is 3.90. The molecule has 2 aliphatic heterocycles. The predicted molar refractivity (Wildman–Crippen MR) is 140 cm³/mol. The van der Waals surface area contributed by atoms with Crippen LogP contribution in [0.5, 0.6) is 11.5 Å². The van der Waals surface area contributed by atoms with Gasteiger partial charge < -0.3 is 24.4 Å². The molecule has 7 nitrogen and oxygen atoms in total. The molecule has 0 aromatic heterocycles. The maximum absolute atomic E-state index is 12.1. The molecule has 0 aliphatic carbocycles. The molecule has 8 heteroatoms. The summed E-state index contributed by atoms with van der Waals surface area (Å²) in [7, 11) is 3.51. The number of aliphatic hydroxyl groups is 1. The Kier molecular flexibility index (Phi) is 8.14. The van der Waals surface area contributed by atoms with E-state index in [1.165, 1.54) is 0 Å². The number of nitrogens with zero attached hydrogens (tertiary/aromatic N) is 2. The molecule has 0 radical (unpaired) electrons. The van der Waals surface area contributed by atoms with Gasteiger partial charge in [0.2, 0.25) is 11.8 Å². The largest absolute Gasteiger partial charge is 0.491 e. The third kappa shape index (κ3) is 6.56. The quantitative estimate of drug-likeness (QED) is 0.503. The van der Waals surface area contributed by atoms with Crippen LogP contribution in [0.3, 0.4) is 0 Å². The summed E-state index contributed by atoms with van der Waals surface area (Å²) >= 11 is 3.38. The van der Waals surface area contributed by atoms with Crippen molar-refractivity contribution in [2.24, 2.45) is 11.8 Å². The molecule has 35 heavy (non-hydrogen) atoms. The first-order valence-corrected chi connectivity index (χ1v) is 12.2. The number of fused-ring (bicyclic) bond motifs is 2. The van der Waals surface area contributed by atoms with Gasteiger partial charge in [-0.1, -0.05) is 41.6 Å². The van der Waals surface area contributed by atoms with Crippen LogP contribution in [0.4, 0.5) is 11.4 Å². The van der Waals surface area contributed by atoms with Crippen molar-refractivity contribution < 1.29 is 24.2 Å². The van der Waals surface area contributed by atoms with Gasteiger partial charge in [0.1, 0.15) is 17.1 Å². The molecule has 4 rings (SSSR count). The van der Waals surface area contributed by atoms with E-state index in [0.29, 0.717) is 24.7 Å². The van der Waals surface area contributed by atoms with Crippen LogP contribution in [0.1, 0.15) is 33.3 Å². The fraction of sp³-hybridized carbons (Fsp3) is 0.407. The van der Waals surface area contributed by atoms with Gasteiger partial charge in [0.25, 0.3) is 0 Å². The number of ether oxygens (including phenoxy) is 2. The van der Waals surface area contributed by atoms with Crippen LogP contribution >= 0.6 is 15.9 Å². The molecule has 0 saturated carbocycles. The van der Waals surface area contributed by atoms with E-state index in [2.05, 4.69) is 27.8 Å². The number of amides is 2. The third-order valence-corrected chi connectivity index (χ3v) is 6.09. The zero-order valence-electron chi connectivity index (χ0n) is 20.9. The first kappa shape index (κ1) is 26.6. The molecule has 0 bridgehead atoms. The van der Waals surface area contributed by atoms with Crippen LogP contribution in [0, 0.1) is 23.7 Å². The standard InChI is InChI=1S/C16H19NO3.C11H12BrNO2/c1-11-10-20-14-6-5-12(7-8-16(2,3)19)9-13(14)17(4)15(11)18;1-7-6-15-10-4-3-8(12)5-9(10)13(2)11(7)14/h5-6,9,11,19H,10H2,1-4H3;3-5,7H,6H2,1-2H3/t11-;7-/m00/s1. The fourth-order valence-electron chi connectivity index (χ4n) is 3.55. The molecule has 2 amide bonds. The lowest BCUT2D eigenvalue weighted by atomic mass is 10.1. The van der Waals surface area contributed by atoms with Crippen LogP contribution in [0.2, 0.25) is 0 Å². The van der Waals surface area contributed by atoms with Gasteiger partial charge in [-0.2, -0.15) is 0 Å². The number of anilines is 2. The molecule has 2 atom stereocenters. The van der Waals surface area contributed by atoms with E-state index in [4.69, 9.17) is 9.47 Å². The molecule has 0 unspecified atom stereocenters. The number of benzene rings is 2. The first-order valence-electron chi connectivity index (χ1n) is 11.4. The van der Waals surface area contributed by atoms with Crippen molar-refractivity contribution in [1.82, 2.24) is 0 Å². The van der Waals surface area contributed by atoms with Crippen LogP contribution in [-0.2, 0) is 9.59 Å². The second-order valence-electron chi connectivity index (χ2n) is 9.32. The lowest BCUT2D eigenvalue weighted by molar-refractivity contribution is -0.122. The number of rotatable bonds is 0. The topological polar surface area (TPSA) is 79.3 Å². The lowest BCUT2D eigenvalue weighted by Gasteiger charge is -2.17. The Hall–Kier alpha value is -3.02. The summed E-state index contributed by atoms with van der Waals surface area (Å²) in [4.78, 5) is 27.2. The maximum Gasteiger partial charge on any atom is 0.233 e. The SMILES string of the molecule is C[C@H]1COc2ccc(Br)cc2N(C)C1=O.C[C@H]1COc2ccc(C#CC(C)(C)O)cc2N(C)C1=O. The zero-order valence-corrected chi connectivity index (χ0v) is 22.5. The second kappa shape index (κ2) is 10.7. The van der Waals surface area contributed by atoms with E-state index in [-0.39, 0.29) is 23.7 Å². The Morgan fingerprint density at radius 3 is 1.91 bits per heavy atom. The summed E-state index contributed by atoms with van der Waals surface area (Å²) in [6.07, 6.45) is 0. The number of carbonyl (C=O) groups is 2. The monoisotopic (exact) mass is 542 g/mol. The zero-order chi connectivity index (χ0) is 25.9. The Morgan fingerprint density at radius 2 is 1.40 bits per heavy atom. The van der Waals surface area contributed by atoms with E-state index in [9.17, 15) is 14.7 Å². The van der Waals surface area contributed by atoms with E-state index < -0.39 is 5.60 Å². The minimum absolute atomic E-state index is 0.0244. The normalized spacial score (nSPS) is 19.4. The van der Waals surface area contributed by atoms with Crippen molar-refractivity contribution >= 4 is 39.1 Å². The number of hydrogen-bond donors (Lipinski definition) is 1. The summed E-state index contributed by atoms with van der Waals surface area (Å²) in [5.74, 6) is 6.96. The predicted octanol–water partition coefficient (Wildman–Crippen LogP) is 4.24. The maximum atomic E-state index is 12.1. The number of halogens is 1. The Balaban J connectivity index is 0.000000203. The molecule has 0 fully saturated rings. The highest BCUT2D eigenvalue weighted by Gasteiger charge is 2.27. The van der Waals surface area contributed by atoms with Gasteiger partial charge >= 0.3 is 0 Å². The van der Waals surface area contributed by atoms with Crippen molar-refractivity contribution in [3.05, 3.63) is 46.4 Å². The van der Waals surface area contributed by atoms with Gasteiger partial charge in [0.05, 0.1) is 36.4 Å². The lowest BCUT2D eigenvalue weighted by Crippen LogP contribution is -2.31. The summed E-state index contributed by atoms with van der Waals surface area (Å²) in [5.41, 5.74) is 1.23. The minimum atomic E-state index is -1.04. The number of carbonyl (C=O) groups excluding carboxylic acids is 2. The minimum Gasteiger partial charge on any atom is -0.491 e. The average Bonchev–Trinajstić information content (AvgIpc) is 2.99. The van der Waals surface area contributed by atoms with Gasteiger partial charge in [-0.3, -0.25) is 9.59 Å². The van der Waals surface area contributed by atoms with Gasteiger partial charge in [-0.15, -0.1) is 0 Å². The Labute approximate surface area is 215 Å². The molecule has 186 valence electrons. The van der Waals surface area contributed by atoms with E-state index in [1.807, 2.05) is 50.2 Å². The van der Waals surface area contributed by atoms with Crippen LogP contribution in [0.15, 0.2) is 40.9 Å². The van der Waals surface area contributed by atoms with Crippen molar-refractivity contribution in [2.75, 3.05) is 37.1 Å². The second-order valence-corrected chi connectivity index (χ2v) is 10.2. The molecule has 1 N–H and O–H groups in total. The van der Waals surface area contributed by atoms with E-state index >= 15 is 0 Å². The third-order valence-electron chi connectivity index (χ3n) is 5.60. The highest BCUT2D eigenvalue weighted by Crippen LogP contribution is 2.34.